The zero-order valence-electron chi connectivity index (χ0n) is 21.1. The van der Waals surface area contributed by atoms with E-state index in [0.717, 1.165) is 32.9 Å². The second-order valence-electron chi connectivity index (χ2n) is 9.54. The Labute approximate surface area is 229 Å². The van der Waals surface area contributed by atoms with E-state index in [1.807, 2.05) is 12.4 Å². The molecule has 4 heteroatoms. The first-order valence-corrected chi connectivity index (χ1v) is 14.3. The fourth-order valence-electron chi connectivity index (χ4n) is 5.22. The lowest BCUT2D eigenvalue weighted by Crippen LogP contribution is -1.95. The average molecular weight is 525 g/mol. The van der Waals surface area contributed by atoms with Gasteiger partial charge in [-0.05, 0) is 72.5 Å². The van der Waals surface area contributed by atoms with E-state index in [9.17, 15) is 0 Å². The molecule has 0 saturated heterocycles. The molecule has 0 aliphatic heterocycles. The zero-order chi connectivity index (χ0) is 25.6. The Morgan fingerprint density at radius 2 is 0.895 bits per heavy atom. The molecule has 0 radical (unpaired) electrons. The summed E-state index contributed by atoms with van der Waals surface area (Å²) in [4.78, 5) is 15.2. The second-order valence-corrected chi connectivity index (χ2v) is 12.1. The van der Waals surface area contributed by atoms with Crippen molar-refractivity contribution in [1.29, 1.82) is 0 Å². The molecule has 0 bridgehead atoms. The van der Waals surface area contributed by atoms with E-state index in [-0.39, 0.29) is 0 Å². The summed E-state index contributed by atoms with van der Waals surface area (Å²) in [6.45, 7) is 4.30. The van der Waals surface area contributed by atoms with E-state index in [4.69, 9.17) is 9.97 Å². The van der Waals surface area contributed by atoms with Crippen molar-refractivity contribution in [1.82, 2.24) is 9.97 Å². The van der Waals surface area contributed by atoms with Gasteiger partial charge in [-0.1, -0.05) is 60.7 Å². The van der Waals surface area contributed by atoms with Gasteiger partial charge in [0.25, 0.3) is 0 Å². The summed E-state index contributed by atoms with van der Waals surface area (Å²) in [5, 5.41) is 2.25. The van der Waals surface area contributed by atoms with Crippen molar-refractivity contribution in [2.24, 2.45) is 0 Å². The lowest BCUT2D eigenvalue weighted by Gasteiger charge is -2.18. The van der Waals surface area contributed by atoms with Crippen LogP contribution < -0.4 is 0 Å². The number of pyridine rings is 2. The molecule has 0 amide bonds. The maximum Gasteiger partial charge on any atom is 0.0971 e. The van der Waals surface area contributed by atoms with Crippen LogP contribution in [0.25, 0.3) is 64.9 Å². The third-order valence-corrected chi connectivity index (χ3v) is 9.06. The number of fused-ring (bicyclic) bond motifs is 3. The summed E-state index contributed by atoms with van der Waals surface area (Å²) in [6.07, 6.45) is 4.00. The first kappa shape index (κ1) is 23.0. The van der Waals surface area contributed by atoms with Crippen molar-refractivity contribution in [3.8, 4) is 43.1 Å². The maximum absolute atomic E-state index is 5.07. The van der Waals surface area contributed by atoms with Gasteiger partial charge >= 0.3 is 0 Å². The molecule has 0 fully saturated rings. The summed E-state index contributed by atoms with van der Waals surface area (Å²) in [6, 6.07) is 34.8. The molecule has 7 aromatic rings. The lowest BCUT2D eigenvalue weighted by molar-refractivity contribution is 1.38. The number of nitrogens with zero attached hydrogens (tertiary/aromatic N) is 2. The van der Waals surface area contributed by atoms with Crippen LogP contribution >= 0.6 is 22.7 Å². The van der Waals surface area contributed by atoms with Crippen LogP contribution in [0.2, 0.25) is 0 Å². The van der Waals surface area contributed by atoms with Crippen LogP contribution in [0.15, 0.2) is 109 Å². The van der Waals surface area contributed by atoms with Crippen molar-refractivity contribution in [3.05, 3.63) is 119 Å². The van der Waals surface area contributed by atoms with Crippen LogP contribution in [0.4, 0.5) is 0 Å². The van der Waals surface area contributed by atoms with Gasteiger partial charge in [-0.25, -0.2) is 0 Å². The molecule has 0 saturated carbocycles. The minimum Gasteiger partial charge on any atom is -0.253 e. The van der Waals surface area contributed by atoms with Crippen molar-refractivity contribution >= 4 is 44.5 Å². The molecular formula is C34H24N2S2. The van der Waals surface area contributed by atoms with Crippen LogP contribution in [0, 0.1) is 13.8 Å². The summed E-state index contributed by atoms with van der Waals surface area (Å²) in [5.41, 5.74) is 8.89. The number of hydrogen-bond donors (Lipinski definition) is 0. The predicted octanol–water partition coefficient (Wildman–Crippen LogP) is 10.2. The minimum absolute atomic E-state index is 0.935. The molecule has 7 rings (SSSR count). The van der Waals surface area contributed by atoms with E-state index in [2.05, 4.69) is 111 Å². The Bertz CT molecular complexity index is 1790. The highest BCUT2D eigenvalue weighted by molar-refractivity contribution is 7.15. The molecule has 0 N–H and O–H groups in total. The highest BCUT2D eigenvalue weighted by atomic mass is 32.1. The standard InChI is InChI=1S/C34H24N2S2/c1-21-13-15-29(37-21)25-17-27-31(23-9-5-3-6-10-23)32(24-11-7-4-8-12-24)28-18-26(30-16-14-22(2)38-30)20-36-34(28)33(27)35-19-25/h3-20H,1-2H3. The molecule has 4 heterocycles. The second kappa shape index (κ2) is 9.32. The van der Waals surface area contributed by atoms with E-state index >= 15 is 0 Å². The fraction of sp³-hybridized carbons (Fsp3) is 0.0588. The quantitative estimate of drug-likeness (QED) is 0.214. The van der Waals surface area contributed by atoms with E-state index < -0.39 is 0 Å². The van der Waals surface area contributed by atoms with Crippen LogP contribution in [-0.4, -0.2) is 9.97 Å². The molecule has 2 nitrogen and oxygen atoms in total. The third kappa shape index (κ3) is 3.94. The largest absolute Gasteiger partial charge is 0.253 e. The molecule has 4 aromatic heterocycles. The van der Waals surface area contributed by atoms with Crippen molar-refractivity contribution < 1.29 is 0 Å². The van der Waals surface area contributed by atoms with Gasteiger partial charge in [0.2, 0.25) is 0 Å². The average Bonchev–Trinajstić information content (AvgIpc) is 3.60. The Balaban J connectivity index is 1.65. The van der Waals surface area contributed by atoms with Crippen LogP contribution in [0.3, 0.4) is 0 Å². The van der Waals surface area contributed by atoms with Crippen LogP contribution in [-0.2, 0) is 0 Å². The molecule has 38 heavy (non-hydrogen) atoms. The Kier molecular flexibility index (Phi) is 5.65. The summed E-state index contributed by atoms with van der Waals surface area (Å²) in [5.74, 6) is 0. The molecule has 0 aliphatic rings. The van der Waals surface area contributed by atoms with E-state index in [0.29, 0.717) is 0 Å². The van der Waals surface area contributed by atoms with Gasteiger partial charge in [0.15, 0.2) is 0 Å². The lowest BCUT2D eigenvalue weighted by atomic mass is 9.87. The van der Waals surface area contributed by atoms with Crippen LogP contribution in [0.5, 0.6) is 0 Å². The molecule has 0 atom stereocenters. The van der Waals surface area contributed by atoms with Gasteiger partial charge in [0.1, 0.15) is 0 Å². The number of rotatable bonds is 4. The Morgan fingerprint density at radius 3 is 1.26 bits per heavy atom. The van der Waals surface area contributed by atoms with Gasteiger partial charge in [-0.2, -0.15) is 0 Å². The van der Waals surface area contributed by atoms with Crippen molar-refractivity contribution in [3.63, 3.8) is 0 Å². The Morgan fingerprint density at radius 1 is 0.474 bits per heavy atom. The number of thiophene rings is 2. The summed E-state index contributed by atoms with van der Waals surface area (Å²) < 4.78 is 0. The molecule has 0 aliphatic carbocycles. The van der Waals surface area contributed by atoms with Gasteiger partial charge in [0, 0.05) is 53.8 Å². The van der Waals surface area contributed by atoms with Crippen LogP contribution in [0.1, 0.15) is 9.75 Å². The first-order valence-electron chi connectivity index (χ1n) is 12.7. The summed E-state index contributed by atoms with van der Waals surface area (Å²) in [7, 11) is 0. The van der Waals surface area contributed by atoms with Gasteiger partial charge in [-0.15, -0.1) is 22.7 Å². The molecule has 0 spiro atoms. The smallest absolute Gasteiger partial charge is 0.0971 e. The topological polar surface area (TPSA) is 25.8 Å². The monoisotopic (exact) mass is 524 g/mol. The molecular weight excluding hydrogens is 501 g/mol. The number of aromatic nitrogens is 2. The normalized spacial score (nSPS) is 11.4. The third-order valence-electron chi connectivity index (χ3n) is 6.96. The Hall–Kier alpha value is -4.12. The first-order chi connectivity index (χ1) is 18.7. The van der Waals surface area contributed by atoms with Gasteiger partial charge in [-0.3, -0.25) is 9.97 Å². The summed E-state index contributed by atoms with van der Waals surface area (Å²) >= 11 is 3.60. The fourth-order valence-corrected chi connectivity index (χ4v) is 6.91. The maximum atomic E-state index is 5.07. The van der Waals surface area contributed by atoms with E-state index in [1.54, 1.807) is 22.7 Å². The highest BCUT2D eigenvalue weighted by Gasteiger charge is 2.21. The predicted molar refractivity (Wildman–Crippen MR) is 164 cm³/mol. The SMILES string of the molecule is Cc1ccc(-c2cnc3c(c2)c(-c2ccccc2)c(-c2ccccc2)c2cc(-c4ccc(C)s4)cnc23)s1. The van der Waals surface area contributed by atoms with Gasteiger partial charge in [0.05, 0.1) is 11.0 Å². The number of benzene rings is 3. The van der Waals surface area contributed by atoms with Gasteiger partial charge < -0.3 is 0 Å². The molecule has 3 aromatic carbocycles. The number of aryl methyl sites for hydroxylation is 2. The zero-order valence-corrected chi connectivity index (χ0v) is 22.7. The molecule has 182 valence electrons. The van der Waals surface area contributed by atoms with E-state index in [1.165, 1.54) is 41.8 Å². The molecule has 0 unspecified atom stereocenters. The highest BCUT2D eigenvalue weighted by Crippen LogP contribution is 2.45. The number of hydrogen-bond acceptors (Lipinski definition) is 4. The van der Waals surface area contributed by atoms with Crippen molar-refractivity contribution in [2.45, 2.75) is 13.8 Å². The van der Waals surface area contributed by atoms with Crippen molar-refractivity contribution in [2.75, 3.05) is 0 Å². The minimum atomic E-state index is 0.935.